The molecule has 0 saturated carbocycles. The number of nitrogens with one attached hydrogen (secondary N) is 1. The maximum absolute atomic E-state index is 12.6. The number of aromatic nitrogens is 1. The van der Waals surface area contributed by atoms with Crippen LogP contribution in [0.3, 0.4) is 0 Å². The van der Waals surface area contributed by atoms with Crippen LogP contribution < -0.4 is 15.7 Å². The molecule has 0 aliphatic heterocycles. The quantitative estimate of drug-likeness (QED) is 0.542. The zero-order valence-electron chi connectivity index (χ0n) is 14.8. The monoisotopic (exact) mass is 361 g/mol. The Balaban J connectivity index is 1.72. The number of carbonyl (C=O) groups is 1. The fourth-order valence-electron chi connectivity index (χ4n) is 2.56. The summed E-state index contributed by atoms with van der Waals surface area (Å²) in [6.07, 6.45) is 3.15. The molecule has 6 nitrogen and oxygen atoms in total. The zero-order chi connectivity index (χ0) is 19.1. The third kappa shape index (κ3) is 4.70. The number of hydrogen-bond donors (Lipinski definition) is 1. The molecule has 3 aromatic rings. The zero-order valence-corrected chi connectivity index (χ0v) is 14.8. The van der Waals surface area contributed by atoms with Crippen LogP contribution in [0.15, 0.2) is 82.8 Å². The highest BCUT2D eigenvalue weighted by Crippen LogP contribution is 2.10. The summed E-state index contributed by atoms with van der Waals surface area (Å²) < 4.78 is 6.63. The van der Waals surface area contributed by atoms with Gasteiger partial charge in [0.2, 0.25) is 0 Å². The third-order valence-electron chi connectivity index (χ3n) is 3.93. The van der Waals surface area contributed by atoms with Crippen molar-refractivity contribution >= 4 is 12.1 Å². The molecule has 136 valence electrons. The summed E-state index contributed by atoms with van der Waals surface area (Å²) in [5, 5.41) is 3.92. The Bertz CT molecular complexity index is 1010. The van der Waals surface area contributed by atoms with E-state index in [0.29, 0.717) is 12.3 Å². The van der Waals surface area contributed by atoms with Crippen molar-refractivity contribution in [3.05, 3.63) is 100.0 Å². The predicted molar refractivity (Wildman–Crippen MR) is 104 cm³/mol. The van der Waals surface area contributed by atoms with Gasteiger partial charge >= 0.3 is 0 Å². The van der Waals surface area contributed by atoms with Crippen molar-refractivity contribution in [3.63, 3.8) is 0 Å². The molecular formula is C21H19N3O3. The fourth-order valence-corrected chi connectivity index (χ4v) is 2.56. The van der Waals surface area contributed by atoms with Gasteiger partial charge in [0.05, 0.1) is 19.9 Å². The lowest BCUT2D eigenvalue weighted by Gasteiger charge is -2.07. The summed E-state index contributed by atoms with van der Waals surface area (Å²) in [4.78, 5) is 24.9. The number of rotatable bonds is 6. The minimum Gasteiger partial charge on any atom is -0.497 e. The van der Waals surface area contributed by atoms with Crippen LogP contribution in [0.2, 0.25) is 0 Å². The molecule has 3 rings (SSSR count). The number of benzene rings is 2. The predicted octanol–water partition coefficient (Wildman–Crippen LogP) is 2.67. The van der Waals surface area contributed by atoms with Crippen LogP contribution in [-0.4, -0.2) is 23.8 Å². The van der Waals surface area contributed by atoms with E-state index in [1.54, 1.807) is 25.4 Å². The maximum atomic E-state index is 12.6. The molecule has 1 N–H and O–H groups in total. The van der Waals surface area contributed by atoms with Gasteiger partial charge in [-0.2, -0.15) is 5.10 Å². The standard InChI is InChI=1S/C21H19N3O3/c1-27-18-10-5-9-17(13-18)14-22-23-20(25)19-11-6-12-24(21(19)26)15-16-7-3-2-4-8-16/h2-14H,15H2,1H3,(H,23,25)/b22-14-. The van der Waals surface area contributed by atoms with Crippen LogP contribution in [-0.2, 0) is 6.54 Å². The molecule has 0 unspecified atom stereocenters. The number of pyridine rings is 1. The summed E-state index contributed by atoms with van der Waals surface area (Å²) in [7, 11) is 1.58. The van der Waals surface area contributed by atoms with E-state index in [1.807, 2.05) is 48.5 Å². The molecule has 0 saturated heterocycles. The van der Waals surface area contributed by atoms with E-state index in [-0.39, 0.29) is 11.1 Å². The highest BCUT2D eigenvalue weighted by molar-refractivity contribution is 5.94. The van der Waals surface area contributed by atoms with E-state index >= 15 is 0 Å². The lowest BCUT2D eigenvalue weighted by Crippen LogP contribution is -2.30. The van der Waals surface area contributed by atoms with Gasteiger partial charge in [0.25, 0.3) is 11.5 Å². The summed E-state index contributed by atoms with van der Waals surface area (Å²) in [6, 6.07) is 20.0. The number of hydrazone groups is 1. The lowest BCUT2D eigenvalue weighted by molar-refractivity contribution is 0.0953. The summed E-state index contributed by atoms with van der Waals surface area (Å²) in [5.41, 5.74) is 3.81. The normalized spacial score (nSPS) is 10.7. The Hall–Kier alpha value is -3.67. The molecule has 6 heteroatoms. The second-order valence-corrected chi connectivity index (χ2v) is 5.82. The van der Waals surface area contributed by atoms with Gasteiger partial charge in [0.1, 0.15) is 11.3 Å². The first-order valence-corrected chi connectivity index (χ1v) is 8.38. The Morgan fingerprint density at radius 3 is 2.70 bits per heavy atom. The highest BCUT2D eigenvalue weighted by atomic mass is 16.5. The van der Waals surface area contributed by atoms with Crippen LogP contribution in [0.5, 0.6) is 5.75 Å². The molecule has 0 bridgehead atoms. The van der Waals surface area contributed by atoms with Crippen LogP contribution in [0, 0.1) is 0 Å². The molecule has 0 aliphatic rings. The first kappa shape index (κ1) is 18.1. The van der Waals surface area contributed by atoms with E-state index in [9.17, 15) is 9.59 Å². The SMILES string of the molecule is COc1cccc(/C=N\NC(=O)c2cccn(Cc3ccccc3)c2=O)c1. The van der Waals surface area contributed by atoms with E-state index < -0.39 is 5.91 Å². The molecule has 1 amide bonds. The molecule has 0 aliphatic carbocycles. The number of methoxy groups -OCH3 is 1. The molecule has 2 aromatic carbocycles. The minimum absolute atomic E-state index is 0.0382. The van der Waals surface area contributed by atoms with Crippen molar-refractivity contribution in [2.24, 2.45) is 5.10 Å². The van der Waals surface area contributed by atoms with Gasteiger partial charge in [-0.25, -0.2) is 5.43 Å². The molecule has 0 spiro atoms. The van der Waals surface area contributed by atoms with Crippen molar-refractivity contribution in [1.29, 1.82) is 0 Å². The third-order valence-corrected chi connectivity index (χ3v) is 3.93. The number of carbonyl (C=O) groups excluding carboxylic acids is 1. The van der Waals surface area contributed by atoms with Crippen LogP contribution in [0.25, 0.3) is 0 Å². The van der Waals surface area contributed by atoms with Crippen molar-refractivity contribution in [3.8, 4) is 5.75 Å². The van der Waals surface area contributed by atoms with Gasteiger partial charge in [0, 0.05) is 6.20 Å². The average molecular weight is 361 g/mol. The Morgan fingerprint density at radius 1 is 1.11 bits per heavy atom. The Kier molecular flexibility index (Phi) is 5.79. The van der Waals surface area contributed by atoms with Crippen molar-refractivity contribution in [2.75, 3.05) is 7.11 Å². The van der Waals surface area contributed by atoms with E-state index in [4.69, 9.17) is 4.74 Å². The van der Waals surface area contributed by atoms with Gasteiger partial charge in [-0.15, -0.1) is 0 Å². The molecule has 1 aromatic heterocycles. The molecule has 27 heavy (non-hydrogen) atoms. The van der Waals surface area contributed by atoms with E-state index in [1.165, 1.54) is 16.8 Å². The van der Waals surface area contributed by atoms with Crippen molar-refractivity contribution < 1.29 is 9.53 Å². The maximum Gasteiger partial charge on any atom is 0.276 e. The Labute approximate surface area is 156 Å². The van der Waals surface area contributed by atoms with Gasteiger partial charge in [0.15, 0.2) is 0 Å². The van der Waals surface area contributed by atoms with Crippen molar-refractivity contribution in [1.82, 2.24) is 9.99 Å². The molecule has 1 heterocycles. The molecule has 0 fully saturated rings. The summed E-state index contributed by atoms with van der Waals surface area (Å²) in [6.45, 7) is 0.397. The first-order chi connectivity index (χ1) is 13.2. The van der Waals surface area contributed by atoms with Crippen LogP contribution in [0.1, 0.15) is 21.5 Å². The van der Waals surface area contributed by atoms with Crippen LogP contribution in [0.4, 0.5) is 0 Å². The smallest absolute Gasteiger partial charge is 0.276 e. The lowest BCUT2D eigenvalue weighted by atomic mass is 10.2. The van der Waals surface area contributed by atoms with E-state index in [0.717, 1.165) is 11.1 Å². The average Bonchev–Trinajstić information content (AvgIpc) is 2.70. The van der Waals surface area contributed by atoms with Gasteiger partial charge in [-0.05, 0) is 35.4 Å². The van der Waals surface area contributed by atoms with E-state index in [2.05, 4.69) is 10.5 Å². The van der Waals surface area contributed by atoms with Gasteiger partial charge in [-0.1, -0.05) is 42.5 Å². The molecular weight excluding hydrogens is 342 g/mol. The van der Waals surface area contributed by atoms with Crippen LogP contribution >= 0.6 is 0 Å². The van der Waals surface area contributed by atoms with Gasteiger partial charge in [-0.3, -0.25) is 9.59 Å². The number of ether oxygens (including phenoxy) is 1. The second kappa shape index (κ2) is 8.62. The van der Waals surface area contributed by atoms with Gasteiger partial charge < -0.3 is 9.30 Å². The fraction of sp³-hybridized carbons (Fsp3) is 0.0952. The minimum atomic E-state index is -0.554. The summed E-state index contributed by atoms with van der Waals surface area (Å²) in [5.74, 6) is 0.138. The number of hydrogen-bond acceptors (Lipinski definition) is 4. The number of amides is 1. The summed E-state index contributed by atoms with van der Waals surface area (Å²) >= 11 is 0. The number of nitrogens with zero attached hydrogens (tertiary/aromatic N) is 2. The first-order valence-electron chi connectivity index (χ1n) is 8.38. The highest BCUT2D eigenvalue weighted by Gasteiger charge is 2.11. The van der Waals surface area contributed by atoms with Crippen molar-refractivity contribution in [2.45, 2.75) is 6.54 Å². The second-order valence-electron chi connectivity index (χ2n) is 5.82. The topological polar surface area (TPSA) is 72.7 Å². The largest absolute Gasteiger partial charge is 0.497 e. The molecule has 0 radical (unpaired) electrons. The Morgan fingerprint density at radius 2 is 1.93 bits per heavy atom. The molecule has 0 atom stereocenters.